The van der Waals surface area contributed by atoms with E-state index in [0.717, 1.165) is 31.9 Å². The maximum absolute atomic E-state index is 12.6. The van der Waals surface area contributed by atoms with E-state index in [1.807, 2.05) is 6.07 Å². The highest BCUT2D eigenvalue weighted by Crippen LogP contribution is 2.25. The summed E-state index contributed by atoms with van der Waals surface area (Å²) < 4.78 is 10.4. The number of rotatable bonds is 6. The number of benzene rings is 1. The third-order valence-corrected chi connectivity index (χ3v) is 4.68. The number of carbonyl (C=O) groups excluding carboxylic acids is 2. The average molecular weight is 423 g/mol. The molecule has 31 heavy (non-hydrogen) atoms. The molecular weight excluding hydrogens is 402 g/mol. The number of methoxy groups -OCH3 is 1. The molecule has 11 nitrogen and oxygen atoms in total. The molecule has 3 aromatic rings. The standard InChI is InChI=1S/C20H21N7O4/c1-30-14-4-2-3-13(11-14)17(28)24-20-26-25-19(31-20)18(29)23-15-12-22-6-5-16(15)27-9-7-21-8-10-27/h2-6,11-12,21H,7-10H2,1H3,(H,23,29)(H,24,26,28). The lowest BCUT2D eigenvalue weighted by atomic mass is 10.2. The van der Waals surface area contributed by atoms with Crippen LogP contribution in [0.3, 0.4) is 0 Å². The van der Waals surface area contributed by atoms with Gasteiger partial charge in [0.15, 0.2) is 0 Å². The van der Waals surface area contributed by atoms with Gasteiger partial charge in [-0.05, 0) is 24.3 Å². The Balaban J connectivity index is 1.43. The van der Waals surface area contributed by atoms with Crippen LogP contribution in [0, 0.1) is 0 Å². The molecule has 2 amide bonds. The highest BCUT2D eigenvalue weighted by molar-refractivity contribution is 6.04. The molecule has 0 bridgehead atoms. The van der Waals surface area contributed by atoms with E-state index in [4.69, 9.17) is 9.15 Å². The van der Waals surface area contributed by atoms with Crippen molar-refractivity contribution in [3.63, 3.8) is 0 Å². The number of anilines is 3. The SMILES string of the molecule is COc1cccc(C(=O)Nc2nnc(C(=O)Nc3cnccc3N3CCNCC3)o2)c1. The summed E-state index contributed by atoms with van der Waals surface area (Å²) in [5.41, 5.74) is 1.74. The van der Waals surface area contributed by atoms with Gasteiger partial charge in [0.2, 0.25) is 0 Å². The second-order valence-corrected chi connectivity index (χ2v) is 6.68. The van der Waals surface area contributed by atoms with E-state index in [1.54, 1.807) is 36.7 Å². The zero-order valence-electron chi connectivity index (χ0n) is 16.8. The molecule has 0 saturated carbocycles. The van der Waals surface area contributed by atoms with Crippen molar-refractivity contribution in [1.82, 2.24) is 20.5 Å². The summed E-state index contributed by atoms with van der Waals surface area (Å²) in [4.78, 5) is 31.2. The van der Waals surface area contributed by atoms with Crippen LogP contribution in [0.1, 0.15) is 21.0 Å². The highest BCUT2D eigenvalue weighted by atomic mass is 16.5. The van der Waals surface area contributed by atoms with Crippen LogP contribution < -0.4 is 25.6 Å². The van der Waals surface area contributed by atoms with Crippen LogP contribution in [0.4, 0.5) is 17.4 Å². The third kappa shape index (κ3) is 4.78. The fourth-order valence-electron chi connectivity index (χ4n) is 3.14. The number of ether oxygens (including phenoxy) is 1. The number of amides is 2. The van der Waals surface area contributed by atoms with E-state index in [-0.39, 0.29) is 11.9 Å². The van der Waals surface area contributed by atoms with Crippen molar-refractivity contribution in [3.8, 4) is 5.75 Å². The molecule has 4 rings (SSSR count). The van der Waals surface area contributed by atoms with Crippen molar-refractivity contribution in [2.75, 3.05) is 48.8 Å². The molecular formula is C20H21N7O4. The number of nitrogens with one attached hydrogen (secondary N) is 3. The summed E-state index contributed by atoms with van der Waals surface area (Å²) in [5, 5.41) is 16.0. The lowest BCUT2D eigenvalue weighted by Crippen LogP contribution is -2.43. The van der Waals surface area contributed by atoms with Crippen molar-refractivity contribution in [2.45, 2.75) is 0 Å². The Bertz CT molecular complexity index is 1080. The quantitative estimate of drug-likeness (QED) is 0.537. The van der Waals surface area contributed by atoms with Gasteiger partial charge in [0.25, 0.3) is 5.91 Å². The fourth-order valence-corrected chi connectivity index (χ4v) is 3.14. The van der Waals surface area contributed by atoms with Gasteiger partial charge in [0.1, 0.15) is 5.75 Å². The predicted octanol–water partition coefficient (Wildman–Crippen LogP) is 1.39. The normalized spacial score (nSPS) is 13.5. The Hall–Kier alpha value is -3.99. The van der Waals surface area contributed by atoms with Crippen LogP contribution in [0.2, 0.25) is 0 Å². The number of piperazine rings is 1. The first kappa shape index (κ1) is 20.3. The third-order valence-electron chi connectivity index (χ3n) is 4.68. The lowest BCUT2D eigenvalue weighted by Gasteiger charge is -2.30. The topological polar surface area (TPSA) is 135 Å². The molecule has 1 aliphatic heterocycles. The van der Waals surface area contributed by atoms with Gasteiger partial charge in [-0.2, -0.15) is 0 Å². The molecule has 160 valence electrons. The minimum atomic E-state index is -0.598. The summed E-state index contributed by atoms with van der Waals surface area (Å²) in [6.07, 6.45) is 3.24. The van der Waals surface area contributed by atoms with Crippen LogP contribution in [0.5, 0.6) is 5.75 Å². The number of carbonyl (C=O) groups is 2. The van der Waals surface area contributed by atoms with E-state index in [2.05, 4.69) is 36.0 Å². The Labute approximate surface area is 177 Å². The number of hydrogen-bond donors (Lipinski definition) is 3. The minimum Gasteiger partial charge on any atom is -0.497 e. The van der Waals surface area contributed by atoms with Gasteiger partial charge in [0.05, 0.1) is 24.7 Å². The van der Waals surface area contributed by atoms with Crippen LogP contribution in [0.15, 0.2) is 47.1 Å². The van der Waals surface area contributed by atoms with E-state index in [0.29, 0.717) is 17.0 Å². The molecule has 3 N–H and O–H groups in total. The monoisotopic (exact) mass is 423 g/mol. The molecule has 1 saturated heterocycles. The Morgan fingerprint density at radius 3 is 2.77 bits per heavy atom. The van der Waals surface area contributed by atoms with Crippen molar-refractivity contribution < 1.29 is 18.7 Å². The van der Waals surface area contributed by atoms with Crippen molar-refractivity contribution in [3.05, 3.63) is 54.2 Å². The van der Waals surface area contributed by atoms with Crippen molar-refractivity contribution >= 4 is 29.2 Å². The molecule has 2 aromatic heterocycles. The van der Waals surface area contributed by atoms with Crippen LogP contribution >= 0.6 is 0 Å². The van der Waals surface area contributed by atoms with Gasteiger partial charge < -0.3 is 24.7 Å². The molecule has 11 heteroatoms. The number of hydrogen-bond acceptors (Lipinski definition) is 9. The summed E-state index contributed by atoms with van der Waals surface area (Å²) in [6, 6.07) is 8.24. The first-order chi connectivity index (χ1) is 15.1. The average Bonchev–Trinajstić information content (AvgIpc) is 3.28. The largest absolute Gasteiger partial charge is 0.497 e. The fraction of sp³-hybridized carbons (Fsp3) is 0.250. The van der Waals surface area contributed by atoms with Gasteiger partial charge >= 0.3 is 17.8 Å². The van der Waals surface area contributed by atoms with Gasteiger partial charge in [-0.15, -0.1) is 5.10 Å². The summed E-state index contributed by atoms with van der Waals surface area (Å²) in [6.45, 7) is 3.34. The molecule has 0 unspecified atom stereocenters. The second kappa shape index (κ2) is 9.22. The molecule has 1 aliphatic rings. The Morgan fingerprint density at radius 1 is 1.13 bits per heavy atom. The number of aromatic nitrogens is 3. The predicted molar refractivity (Wildman–Crippen MR) is 113 cm³/mol. The zero-order valence-corrected chi connectivity index (χ0v) is 16.8. The number of nitrogens with zero attached hydrogens (tertiary/aromatic N) is 4. The number of pyridine rings is 1. The van der Waals surface area contributed by atoms with Crippen LogP contribution in [-0.4, -0.2) is 60.3 Å². The molecule has 0 aliphatic carbocycles. The highest BCUT2D eigenvalue weighted by Gasteiger charge is 2.20. The molecule has 1 fully saturated rings. The van der Waals surface area contributed by atoms with E-state index in [9.17, 15) is 9.59 Å². The summed E-state index contributed by atoms with van der Waals surface area (Å²) >= 11 is 0. The minimum absolute atomic E-state index is 0.188. The van der Waals surface area contributed by atoms with Gasteiger partial charge in [-0.25, -0.2) is 0 Å². The zero-order chi connectivity index (χ0) is 21.6. The summed E-state index contributed by atoms with van der Waals surface area (Å²) in [7, 11) is 1.51. The van der Waals surface area contributed by atoms with E-state index >= 15 is 0 Å². The molecule has 0 radical (unpaired) electrons. The van der Waals surface area contributed by atoms with Crippen molar-refractivity contribution in [2.24, 2.45) is 0 Å². The smallest absolute Gasteiger partial charge is 0.322 e. The maximum Gasteiger partial charge on any atom is 0.322 e. The molecule has 1 aromatic carbocycles. The summed E-state index contributed by atoms with van der Waals surface area (Å²) in [5.74, 6) is -0.812. The van der Waals surface area contributed by atoms with Crippen LogP contribution in [0.25, 0.3) is 0 Å². The molecule has 3 heterocycles. The van der Waals surface area contributed by atoms with Gasteiger partial charge in [-0.1, -0.05) is 11.2 Å². The second-order valence-electron chi connectivity index (χ2n) is 6.68. The van der Waals surface area contributed by atoms with E-state index < -0.39 is 11.8 Å². The Kier molecular flexibility index (Phi) is 6.03. The molecule has 0 spiro atoms. The van der Waals surface area contributed by atoms with Gasteiger partial charge in [0, 0.05) is 37.9 Å². The van der Waals surface area contributed by atoms with Crippen molar-refractivity contribution in [1.29, 1.82) is 0 Å². The first-order valence-corrected chi connectivity index (χ1v) is 9.64. The lowest BCUT2D eigenvalue weighted by molar-refractivity contribution is 0.0983. The maximum atomic E-state index is 12.6. The van der Waals surface area contributed by atoms with Crippen LogP contribution in [-0.2, 0) is 0 Å². The van der Waals surface area contributed by atoms with E-state index in [1.165, 1.54) is 7.11 Å². The van der Waals surface area contributed by atoms with Gasteiger partial charge in [-0.3, -0.25) is 19.9 Å². The Morgan fingerprint density at radius 2 is 1.97 bits per heavy atom. The molecule has 0 atom stereocenters. The first-order valence-electron chi connectivity index (χ1n) is 9.64.